The maximum Gasteiger partial charge on any atom is 0.353 e. The van der Waals surface area contributed by atoms with Gasteiger partial charge in [-0.3, -0.25) is 4.57 Å². The molecule has 240 valence electrons. The first-order valence-corrected chi connectivity index (χ1v) is 15.4. The fraction of sp³-hybridized carbons (Fsp3) is 0.267. The highest BCUT2D eigenvalue weighted by molar-refractivity contribution is 7.39. The minimum atomic E-state index is -3.46. The maximum absolute atomic E-state index is 15.4. The summed E-state index contributed by atoms with van der Waals surface area (Å²) in [6.07, 6.45) is 0. The van der Waals surface area contributed by atoms with Crippen LogP contribution in [0.1, 0.15) is 48.8 Å². The number of thiophene rings is 1. The molecular formula is C30H26F6NO6PS. The average molecular weight is 674 g/mol. The molecule has 4 aromatic rings. The third-order valence-electron chi connectivity index (χ3n) is 6.08. The Bertz CT molecular complexity index is 1760. The molecular weight excluding hydrogens is 647 g/mol. The Morgan fingerprint density at radius 2 is 1.56 bits per heavy atom. The summed E-state index contributed by atoms with van der Waals surface area (Å²) in [5, 5.41) is 3.15. The summed E-state index contributed by atoms with van der Waals surface area (Å²) in [4.78, 5) is 24.6. The highest BCUT2D eigenvalue weighted by Gasteiger charge is 2.30. The smallest absolute Gasteiger partial charge is 0.353 e. The zero-order valence-corrected chi connectivity index (χ0v) is 25.9. The molecule has 0 fully saturated rings. The number of alkyl halides is 1. The Labute approximate surface area is 258 Å². The molecule has 1 heterocycles. The van der Waals surface area contributed by atoms with Crippen LogP contribution in [0, 0.1) is 34.5 Å². The molecule has 0 spiro atoms. The second-order valence-corrected chi connectivity index (χ2v) is 13.4. The topological polar surface area (TPSA) is 90.9 Å². The van der Waals surface area contributed by atoms with E-state index in [0.717, 1.165) is 17.4 Å². The van der Waals surface area contributed by atoms with Crippen LogP contribution in [0.4, 0.5) is 32.0 Å². The van der Waals surface area contributed by atoms with Gasteiger partial charge in [-0.25, -0.2) is 27.2 Å². The average Bonchev–Trinajstić information content (AvgIpc) is 3.44. The molecule has 3 aromatic carbocycles. The number of halogens is 6. The number of nitrogens with one attached hydrogen (secondary N) is 1. The van der Waals surface area contributed by atoms with Crippen molar-refractivity contribution in [3.05, 3.63) is 88.1 Å². The molecule has 1 unspecified atom stereocenters. The molecule has 0 saturated heterocycles. The van der Waals surface area contributed by atoms with Crippen LogP contribution in [0.2, 0.25) is 0 Å². The van der Waals surface area contributed by atoms with Gasteiger partial charge in [0.15, 0.2) is 0 Å². The number of esters is 2. The van der Waals surface area contributed by atoms with Crippen LogP contribution in [0.3, 0.4) is 0 Å². The standard InChI is InChI=1S/C30H26F6NO6PS/c1-14(28(38)41-13-30(2,3)4)37-17-7-5-6-8-18(17)43-44(40)27(36)15-9-10-19-16(11-15)12-20(45-19)29(39)42-26-24(34)22(32)21(31)23(33)25(26)35/h5-12,14,27,37,44H,13H2,1-4H3/t14-,27-/m0/s1. The minimum Gasteiger partial charge on any atom is -0.464 e. The van der Waals surface area contributed by atoms with E-state index in [9.17, 15) is 36.1 Å². The molecule has 0 aliphatic carbocycles. The first-order chi connectivity index (χ1) is 21.1. The number of carbonyl (C=O) groups is 2. The molecule has 1 aromatic heterocycles. The van der Waals surface area contributed by atoms with Gasteiger partial charge in [-0.05, 0) is 53.6 Å². The third kappa shape index (κ3) is 7.80. The minimum absolute atomic E-state index is 0.0225. The second-order valence-electron chi connectivity index (χ2n) is 11.0. The van der Waals surface area contributed by atoms with Crippen molar-refractivity contribution in [2.75, 3.05) is 11.9 Å². The van der Waals surface area contributed by atoms with E-state index in [1.54, 1.807) is 25.1 Å². The Morgan fingerprint density at radius 1 is 0.933 bits per heavy atom. The van der Waals surface area contributed by atoms with E-state index in [4.69, 9.17) is 9.26 Å². The van der Waals surface area contributed by atoms with Gasteiger partial charge in [0, 0.05) is 4.70 Å². The summed E-state index contributed by atoms with van der Waals surface area (Å²) in [6.45, 7) is 7.47. The van der Waals surface area contributed by atoms with Crippen molar-refractivity contribution in [2.24, 2.45) is 5.41 Å². The largest absolute Gasteiger partial charge is 0.464 e. The summed E-state index contributed by atoms with van der Waals surface area (Å²) in [7, 11) is -3.46. The molecule has 0 bridgehead atoms. The molecule has 4 rings (SSSR count). The Morgan fingerprint density at radius 3 is 2.20 bits per heavy atom. The highest BCUT2D eigenvalue weighted by atomic mass is 32.1. The number of para-hydroxylation sites is 2. The van der Waals surface area contributed by atoms with Crippen LogP contribution in [0.15, 0.2) is 48.5 Å². The fourth-order valence-corrected chi connectivity index (χ4v) is 5.68. The Balaban J connectivity index is 1.47. The first kappa shape index (κ1) is 33.9. The number of rotatable bonds is 10. The molecule has 0 radical (unpaired) electrons. The van der Waals surface area contributed by atoms with Crippen LogP contribution in [0.5, 0.6) is 11.5 Å². The number of benzene rings is 3. The first-order valence-electron chi connectivity index (χ1n) is 13.2. The SMILES string of the molecule is C[C@H](Nc1ccccc1O[PH](=O)[C@H](F)c1ccc2sc(C(=O)Oc3c(F)c(F)c(F)c(F)c3F)cc2c1)C(=O)OCC(C)(C)C. The molecule has 0 aliphatic heterocycles. The molecule has 0 aliphatic rings. The maximum atomic E-state index is 15.4. The molecule has 45 heavy (non-hydrogen) atoms. The summed E-state index contributed by atoms with van der Waals surface area (Å²) < 4.78 is 112. The van der Waals surface area contributed by atoms with Crippen molar-refractivity contribution in [3.8, 4) is 11.5 Å². The van der Waals surface area contributed by atoms with E-state index < -0.39 is 66.8 Å². The number of hydrogen-bond acceptors (Lipinski definition) is 8. The van der Waals surface area contributed by atoms with Crippen LogP contribution >= 0.6 is 19.4 Å². The van der Waals surface area contributed by atoms with Gasteiger partial charge in [0.05, 0.1) is 12.3 Å². The molecule has 0 amide bonds. The monoisotopic (exact) mass is 673 g/mol. The van der Waals surface area contributed by atoms with Gasteiger partial charge >= 0.3 is 11.9 Å². The lowest BCUT2D eigenvalue weighted by Crippen LogP contribution is -2.31. The van der Waals surface area contributed by atoms with Crippen molar-refractivity contribution in [1.29, 1.82) is 0 Å². The number of carbonyl (C=O) groups excluding carboxylic acids is 2. The number of ether oxygens (including phenoxy) is 2. The van der Waals surface area contributed by atoms with E-state index in [1.807, 2.05) is 20.8 Å². The molecule has 0 saturated carbocycles. The van der Waals surface area contributed by atoms with Crippen LogP contribution in [0.25, 0.3) is 10.1 Å². The molecule has 15 heteroatoms. The van der Waals surface area contributed by atoms with Crippen molar-refractivity contribution < 1.29 is 54.5 Å². The van der Waals surface area contributed by atoms with Crippen molar-refractivity contribution >= 4 is 47.1 Å². The normalized spacial score (nSPS) is 13.6. The van der Waals surface area contributed by atoms with E-state index in [0.29, 0.717) is 4.70 Å². The fourth-order valence-electron chi connectivity index (χ4n) is 3.81. The summed E-state index contributed by atoms with van der Waals surface area (Å²) >= 11 is 0.743. The lowest BCUT2D eigenvalue weighted by Gasteiger charge is -2.21. The van der Waals surface area contributed by atoms with Crippen LogP contribution in [-0.2, 0) is 14.1 Å². The third-order valence-corrected chi connectivity index (χ3v) is 8.34. The lowest BCUT2D eigenvalue weighted by molar-refractivity contribution is -0.146. The van der Waals surface area contributed by atoms with Gasteiger partial charge < -0.3 is 19.3 Å². The van der Waals surface area contributed by atoms with E-state index in [2.05, 4.69) is 10.1 Å². The lowest BCUT2D eigenvalue weighted by atomic mass is 9.99. The Hall–Kier alpha value is -4.03. The molecule has 1 N–H and O–H groups in total. The number of hydrogen-bond donors (Lipinski definition) is 1. The predicted molar refractivity (Wildman–Crippen MR) is 156 cm³/mol. The van der Waals surface area contributed by atoms with Crippen molar-refractivity contribution in [1.82, 2.24) is 0 Å². The van der Waals surface area contributed by atoms with Gasteiger partial charge in [-0.15, -0.1) is 11.3 Å². The second kappa shape index (κ2) is 13.5. The van der Waals surface area contributed by atoms with Crippen molar-refractivity contribution in [3.63, 3.8) is 0 Å². The van der Waals surface area contributed by atoms with Gasteiger partial charge in [-0.1, -0.05) is 39.0 Å². The zero-order valence-electron chi connectivity index (χ0n) is 24.1. The quantitative estimate of drug-likeness (QED) is 0.0450. The number of anilines is 1. The molecule has 3 atom stereocenters. The predicted octanol–water partition coefficient (Wildman–Crippen LogP) is 8.73. The van der Waals surface area contributed by atoms with E-state index >= 15 is 4.39 Å². The molecule has 7 nitrogen and oxygen atoms in total. The number of fused-ring (bicyclic) bond motifs is 1. The van der Waals surface area contributed by atoms with Crippen molar-refractivity contribution in [2.45, 2.75) is 39.6 Å². The van der Waals surface area contributed by atoms with Gasteiger partial charge in [-0.2, -0.15) is 8.78 Å². The zero-order chi connectivity index (χ0) is 33.2. The Kier molecular flexibility index (Phi) is 10.2. The van der Waals surface area contributed by atoms with E-state index in [-0.39, 0.29) is 39.3 Å². The van der Waals surface area contributed by atoms with E-state index in [1.165, 1.54) is 24.3 Å². The van der Waals surface area contributed by atoms with Gasteiger partial charge in [0.2, 0.25) is 40.7 Å². The summed E-state index contributed by atoms with van der Waals surface area (Å²) in [6, 6.07) is 10.5. The summed E-state index contributed by atoms with van der Waals surface area (Å²) in [5.74, 6) is -17.4. The van der Waals surface area contributed by atoms with Gasteiger partial charge in [0.1, 0.15) is 16.7 Å². The van der Waals surface area contributed by atoms with Crippen LogP contribution < -0.4 is 14.6 Å². The highest BCUT2D eigenvalue weighted by Crippen LogP contribution is 2.46. The van der Waals surface area contributed by atoms with Gasteiger partial charge in [0.25, 0.3) is 8.03 Å². The summed E-state index contributed by atoms with van der Waals surface area (Å²) in [5.41, 5.74) is -0.0602. The van der Waals surface area contributed by atoms with Crippen LogP contribution in [-0.4, -0.2) is 24.6 Å².